The molecule has 0 saturated carbocycles. The van der Waals surface area contributed by atoms with Crippen molar-refractivity contribution in [1.82, 2.24) is 14.5 Å². The van der Waals surface area contributed by atoms with Gasteiger partial charge in [0.2, 0.25) is 0 Å². The smallest absolute Gasteiger partial charge is 0.323 e. The van der Waals surface area contributed by atoms with E-state index in [9.17, 15) is 9.90 Å². The summed E-state index contributed by atoms with van der Waals surface area (Å²) in [5.41, 5.74) is 1.54. The van der Waals surface area contributed by atoms with Gasteiger partial charge in [0.05, 0.1) is 17.3 Å². The predicted molar refractivity (Wildman–Crippen MR) is 96.1 cm³/mol. The third kappa shape index (κ3) is 5.26. The maximum atomic E-state index is 10.6. The molecule has 2 aromatic heterocycles. The summed E-state index contributed by atoms with van der Waals surface area (Å²) in [7, 11) is 0. The average Bonchev–Trinajstić information content (AvgIpc) is 2.98. The largest absolute Gasteiger partial charge is 0.480 e. The van der Waals surface area contributed by atoms with Gasteiger partial charge in [-0.2, -0.15) is 0 Å². The first-order valence-electron chi connectivity index (χ1n) is 7.87. The van der Waals surface area contributed by atoms with E-state index in [1.165, 1.54) is 9.95 Å². The molecule has 0 aliphatic heterocycles. The Morgan fingerprint density at radius 2 is 2.04 bits per heavy atom. The zero-order valence-electron chi connectivity index (χ0n) is 14.0. The van der Waals surface area contributed by atoms with Gasteiger partial charge in [0.15, 0.2) is 0 Å². The summed E-state index contributed by atoms with van der Waals surface area (Å²) < 4.78 is 1.51. The molecule has 2 N–H and O–H groups in total. The molecule has 0 spiro atoms. The zero-order chi connectivity index (χ0) is 18.2. The van der Waals surface area contributed by atoms with Gasteiger partial charge >= 0.3 is 5.97 Å². The molecule has 1 atom stereocenters. The Kier molecular flexibility index (Phi) is 6.42. The van der Waals surface area contributed by atoms with E-state index in [0.29, 0.717) is 17.9 Å². The van der Waals surface area contributed by atoms with Gasteiger partial charge in [-0.15, -0.1) is 6.58 Å². The van der Waals surface area contributed by atoms with E-state index < -0.39 is 12.1 Å². The van der Waals surface area contributed by atoms with Crippen LogP contribution in [0.2, 0.25) is 0 Å². The topological polar surface area (TPSA) is 88.2 Å². The molecule has 1 aromatic carbocycles. The van der Waals surface area contributed by atoms with Crippen LogP contribution in [0.5, 0.6) is 0 Å². The molecule has 6 heteroatoms. The average molecular weight is 339 g/mol. The highest BCUT2D eigenvalue weighted by Crippen LogP contribution is 2.12. The third-order valence-electron chi connectivity index (χ3n) is 3.45. The zero-order valence-corrected chi connectivity index (χ0v) is 14.0. The molecule has 0 amide bonds. The first-order valence-corrected chi connectivity index (χ1v) is 7.87. The summed E-state index contributed by atoms with van der Waals surface area (Å²) in [6.45, 7) is 5.01. The molecule has 1 unspecified atom stereocenters. The van der Waals surface area contributed by atoms with Crippen molar-refractivity contribution in [2.75, 3.05) is 0 Å². The van der Waals surface area contributed by atoms with E-state index in [2.05, 4.69) is 28.7 Å². The third-order valence-corrected chi connectivity index (χ3v) is 3.45. The summed E-state index contributed by atoms with van der Waals surface area (Å²) in [4.78, 5) is 18.9. The van der Waals surface area contributed by atoms with Crippen LogP contribution in [0.3, 0.4) is 0 Å². The van der Waals surface area contributed by atoms with Gasteiger partial charge in [-0.1, -0.05) is 30.3 Å². The normalized spacial score (nSPS) is 11.4. The minimum atomic E-state index is -0.935. The summed E-state index contributed by atoms with van der Waals surface area (Å²) in [5, 5.41) is 19.2. The van der Waals surface area contributed by atoms with Crippen LogP contribution in [0.25, 0.3) is 10.9 Å². The summed E-state index contributed by atoms with van der Waals surface area (Å²) in [6.07, 6.45) is 4.80. The number of hydrogen-bond donors (Lipinski definition) is 2. The van der Waals surface area contributed by atoms with Gasteiger partial charge < -0.3 is 14.8 Å². The van der Waals surface area contributed by atoms with Crippen molar-refractivity contribution in [2.24, 2.45) is 0 Å². The number of benzene rings is 1. The number of para-hydroxylation sites is 1. The molecule has 3 rings (SSSR count). The predicted octanol–water partition coefficient (Wildman–Crippen LogP) is 2.98. The number of allylic oxidation sites excluding steroid dienone is 1. The van der Waals surface area contributed by atoms with Crippen molar-refractivity contribution < 1.29 is 15.0 Å². The second-order valence-electron chi connectivity index (χ2n) is 5.47. The molecule has 0 aliphatic carbocycles. The Morgan fingerprint density at radius 1 is 1.32 bits per heavy atom. The molecule has 0 bridgehead atoms. The molecule has 130 valence electrons. The lowest BCUT2D eigenvalue weighted by atomic mass is 10.2. The Bertz CT molecular complexity index is 791. The number of nitrogens with zero attached hydrogens (tertiary/aromatic N) is 3. The highest BCUT2D eigenvalue weighted by Gasteiger charge is 2.12. The minimum Gasteiger partial charge on any atom is -0.480 e. The van der Waals surface area contributed by atoms with E-state index in [0.717, 1.165) is 5.52 Å². The van der Waals surface area contributed by atoms with Gasteiger partial charge in [0.25, 0.3) is 0 Å². The number of carboxylic acids is 1. The number of hydrogen-bond acceptors (Lipinski definition) is 4. The first kappa shape index (κ1) is 18.4. The fraction of sp³-hybridized carbons (Fsp3) is 0.211. The van der Waals surface area contributed by atoms with Crippen molar-refractivity contribution in [2.45, 2.75) is 26.0 Å². The van der Waals surface area contributed by atoms with Crippen LogP contribution in [0, 0.1) is 0 Å². The van der Waals surface area contributed by atoms with E-state index >= 15 is 0 Å². The number of fused-ring (bicyclic) bond motifs is 1. The van der Waals surface area contributed by atoms with Gasteiger partial charge in [-0.05, 0) is 19.1 Å². The maximum Gasteiger partial charge on any atom is 0.323 e. The highest BCUT2D eigenvalue weighted by atomic mass is 16.4. The van der Waals surface area contributed by atoms with Crippen LogP contribution in [0.4, 0.5) is 0 Å². The Labute approximate surface area is 146 Å². The molecule has 6 nitrogen and oxygen atoms in total. The number of aliphatic hydroxyl groups excluding tert-OH is 1. The molecular weight excluding hydrogens is 318 g/mol. The van der Waals surface area contributed by atoms with Crippen LogP contribution in [0.1, 0.15) is 24.5 Å². The summed E-state index contributed by atoms with van der Waals surface area (Å²) in [6, 6.07) is 12.1. The monoisotopic (exact) mass is 339 g/mol. The van der Waals surface area contributed by atoms with Crippen molar-refractivity contribution in [3.63, 3.8) is 0 Å². The fourth-order valence-electron chi connectivity index (χ4n) is 2.27. The van der Waals surface area contributed by atoms with Crippen LogP contribution >= 0.6 is 0 Å². The maximum absolute atomic E-state index is 10.6. The Hall–Kier alpha value is -2.99. The van der Waals surface area contributed by atoms with Gasteiger partial charge in [-0.3, -0.25) is 9.78 Å². The lowest BCUT2D eigenvalue weighted by molar-refractivity contribution is -0.137. The Morgan fingerprint density at radius 3 is 2.68 bits per heavy atom. The van der Waals surface area contributed by atoms with Crippen LogP contribution < -0.4 is 0 Å². The fourth-order valence-corrected chi connectivity index (χ4v) is 2.27. The van der Waals surface area contributed by atoms with Crippen molar-refractivity contribution >= 4 is 16.9 Å². The summed E-state index contributed by atoms with van der Waals surface area (Å²) >= 11 is 0. The van der Waals surface area contributed by atoms with E-state index in [4.69, 9.17) is 5.11 Å². The number of carboxylic acid groups (broad SMARTS) is 1. The SMILES string of the molecule is C=CCc1nc(C(C)O)cn1CC(=O)O.c1ccc2ncccc2c1. The number of imidazole rings is 1. The van der Waals surface area contributed by atoms with E-state index in [1.807, 2.05) is 30.5 Å². The van der Waals surface area contributed by atoms with Crippen molar-refractivity contribution in [3.8, 4) is 0 Å². The molecule has 0 radical (unpaired) electrons. The number of pyridine rings is 1. The van der Waals surface area contributed by atoms with Crippen molar-refractivity contribution in [3.05, 3.63) is 73.0 Å². The second-order valence-corrected chi connectivity index (χ2v) is 5.47. The van der Waals surface area contributed by atoms with Gasteiger partial charge in [0.1, 0.15) is 12.4 Å². The van der Waals surface area contributed by atoms with Crippen LogP contribution in [-0.2, 0) is 17.8 Å². The number of aliphatic carboxylic acids is 1. The van der Waals surface area contributed by atoms with Crippen molar-refractivity contribution in [1.29, 1.82) is 0 Å². The van der Waals surface area contributed by atoms with Crippen LogP contribution in [-0.4, -0.2) is 30.7 Å². The molecule has 25 heavy (non-hydrogen) atoms. The Balaban J connectivity index is 0.000000194. The first-order chi connectivity index (χ1) is 12.0. The van der Waals surface area contributed by atoms with E-state index in [1.54, 1.807) is 19.2 Å². The van der Waals surface area contributed by atoms with Gasteiger partial charge in [-0.25, -0.2) is 4.98 Å². The van der Waals surface area contributed by atoms with E-state index in [-0.39, 0.29) is 6.54 Å². The number of aromatic nitrogens is 3. The summed E-state index contributed by atoms with van der Waals surface area (Å²) in [5.74, 6) is -0.335. The molecule has 3 aromatic rings. The number of carbonyl (C=O) groups is 1. The number of aliphatic hydroxyl groups is 1. The molecule has 0 fully saturated rings. The highest BCUT2D eigenvalue weighted by molar-refractivity contribution is 5.77. The standard InChI is InChI=1S/C10H14N2O3.C9H7N/c1-3-4-9-11-8(7(2)13)5-12(9)6-10(14)15;1-2-6-9-8(4-1)5-3-7-10-9/h3,5,7,13H,1,4,6H2,2H3,(H,14,15);1-7H. The molecular formula is C19H21N3O3. The number of rotatable bonds is 5. The van der Waals surface area contributed by atoms with Gasteiger partial charge in [0, 0.05) is 24.2 Å². The van der Waals surface area contributed by atoms with Crippen LogP contribution in [0.15, 0.2) is 61.4 Å². The molecule has 0 aliphatic rings. The lowest BCUT2D eigenvalue weighted by Crippen LogP contribution is -2.10. The quantitative estimate of drug-likeness (QED) is 0.698. The minimum absolute atomic E-state index is 0.150. The second kappa shape index (κ2) is 8.75. The molecule has 0 saturated heterocycles. The lowest BCUT2D eigenvalue weighted by Gasteiger charge is -2.00. The molecule has 2 heterocycles.